The summed E-state index contributed by atoms with van der Waals surface area (Å²) in [5.41, 5.74) is 19.1. The van der Waals surface area contributed by atoms with Gasteiger partial charge >= 0.3 is 0 Å². The average molecular weight is 248 g/mol. The minimum absolute atomic E-state index is 0.427. The van der Waals surface area contributed by atoms with Crippen LogP contribution in [0.3, 0.4) is 0 Å². The minimum Gasteiger partial charge on any atom is -0.399 e. The molecule has 1 rings (SSSR count). The van der Waals surface area contributed by atoms with E-state index in [2.05, 4.69) is 11.9 Å². The highest BCUT2D eigenvalue weighted by Gasteiger charge is 1.99. The van der Waals surface area contributed by atoms with Gasteiger partial charge in [0.2, 0.25) is 0 Å². The number of benzene rings is 1. The van der Waals surface area contributed by atoms with Crippen LogP contribution in [0.4, 0.5) is 0 Å². The van der Waals surface area contributed by atoms with Gasteiger partial charge in [0.15, 0.2) is 6.35 Å². The molecule has 0 saturated carbocycles. The van der Waals surface area contributed by atoms with Crippen molar-refractivity contribution in [3.8, 4) is 0 Å². The van der Waals surface area contributed by atoms with E-state index in [1.165, 1.54) is 0 Å². The Hall–Kier alpha value is -1.82. The molecule has 1 aromatic rings. The number of hydrogen-bond donors (Lipinski definition) is 4. The summed E-state index contributed by atoms with van der Waals surface area (Å²) in [6.45, 7) is 4.49. The Balaban J connectivity index is 2.32. The third kappa shape index (κ3) is 5.49. The van der Waals surface area contributed by atoms with Gasteiger partial charge in [-0.15, -0.1) is 0 Å². The fourth-order valence-electron chi connectivity index (χ4n) is 1.26. The van der Waals surface area contributed by atoms with Gasteiger partial charge in [0.25, 0.3) is 0 Å². The second kappa shape index (κ2) is 7.50. The van der Waals surface area contributed by atoms with Crippen molar-refractivity contribution in [2.45, 2.75) is 19.5 Å². The van der Waals surface area contributed by atoms with Crippen molar-refractivity contribution in [1.82, 2.24) is 5.32 Å². The van der Waals surface area contributed by atoms with Crippen LogP contribution in [0.15, 0.2) is 48.8 Å². The van der Waals surface area contributed by atoms with Crippen molar-refractivity contribution >= 4 is 0 Å². The maximum Gasteiger partial charge on any atom is 0.181 e. The lowest BCUT2D eigenvalue weighted by Crippen LogP contribution is -2.36. The Morgan fingerprint density at radius 1 is 1.33 bits per heavy atom. The zero-order valence-electron chi connectivity index (χ0n) is 10.3. The highest BCUT2D eigenvalue weighted by molar-refractivity contribution is 5.21. The summed E-state index contributed by atoms with van der Waals surface area (Å²) in [7, 11) is 0. The topological polar surface area (TPSA) is 99.3 Å². The molecule has 1 unspecified atom stereocenters. The number of allylic oxidation sites excluding steroid dienone is 1. The van der Waals surface area contributed by atoms with E-state index in [1.807, 2.05) is 24.3 Å². The molecule has 1 atom stereocenters. The maximum absolute atomic E-state index is 5.69. The molecule has 7 N–H and O–H groups in total. The molecule has 18 heavy (non-hydrogen) atoms. The largest absolute Gasteiger partial charge is 0.399 e. The molecule has 0 heterocycles. The van der Waals surface area contributed by atoms with Gasteiger partial charge in [-0.2, -0.15) is 0 Å². The molecule has 0 aliphatic carbocycles. The predicted molar refractivity (Wildman–Crippen MR) is 72.7 cm³/mol. The first-order valence-corrected chi connectivity index (χ1v) is 5.64. The normalized spacial score (nSPS) is 12.6. The second-order valence-electron chi connectivity index (χ2n) is 3.83. The van der Waals surface area contributed by atoms with Crippen molar-refractivity contribution in [3.63, 3.8) is 0 Å². The van der Waals surface area contributed by atoms with Crippen molar-refractivity contribution < 1.29 is 4.74 Å². The summed E-state index contributed by atoms with van der Waals surface area (Å²) >= 11 is 0. The molecule has 0 aliphatic heterocycles. The summed E-state index contributed by atoms with van der Waals surface area (Å²) in [5.74, 6) is 0. The average Bonchev–Trinajstić information content (AvgIpc) is 2.36. The summed E-state index contributed by atoms with van der Waals surface area (Å²) in [4.78, 5) is 0. The lowest BCUT2D eigenvalue weighted by Gasteiger charge is -2.13. The van der Waals surface area contributed by atoms with Crippen LogP contribution in [0.2, 0.25) is 0 Å². The minimum atomic E-state index is -0.588. The van der Waals surface area contributed by atoms with Gasteiger partial charge in [-0.05, 0) is 17.2 Å². The Kier molecular flexibility index (Phi) is 5.93. The van der Waals surface area contributed by atoms with Gasteiger partial charge in [-0.25, -0.2) is 0 Å². The molecule has 0 spiro atoms. The summed E-state index contributed by atoms with van der Waals surface area (Å²) in [6.07, 6.45) is 2.62. The fraction of sp³-hybridized carbons (Fsp3) is 0.231. The molecule has 0 bridgehead atoms. The van der Waals surface area contributed by atoms with E-state index in [9.17, 15) is 0 Å². The van der Waals surface area contributed by atoms with Crippen molar-refractivity contribution in [1.29, 1.82) is 0 Å². The summed E-state index contributed by atoms with van der Waals surface area (Å²) in [5, 5.41) is 2.82. The molecular weight excluding hydrogens is 228 g/mol. The lowest BCUT2D eigenvalue weighted by atomic mass is 10.1. The van der Waals surface area contributed by atoms with Crippen LogP contribution in [-0.4, -0.2) is 6.35 Å². The van der Waals surface area contributed by atoms with Crippen LogP contribution in [0.1, 0.15) is 11.1 Å². The van der Waals surface area contributed by atoms with Crippen LogP contribution in [0.5, 0.6) is 0 Å². The monoisotopic (exact) mass is 248 g/mol. The first-order valence-electron chi connectivity index (χ1n) is 5.64. The Bertz CT molecular complexity index is 400. The molecular formula is C13H20N4O. The zero-order valence-corrected chi connectivity index (χ0v) is 10.3. The standard InChI is InChI=1S/C13H20N4O/c1-10(15)6-7-17-13(16)18-9-12-4-2-11(8-14)3-5-12/h2-7,13,17H,1,8-9,14-16H2/b7-6-. The third-order valence-electron chi connectivity index (χ3n) is 2.25. The first kappa shape index (κ1) is 14.2. The number of nitrogens with two attached hydrogens (primary N) is 3. The zero-order chi connectivity index (χ0) is 13.4. The number of hydrogen-bond acceptors (Lipinski definition) is 5. The van der Waals surface area contributed by atoms with Gasteiger partial charge in [0.1, 0.15) is 0 Å². The van der Waals surface area contributed by atoms with Crippen LogP contribution in [-0.2, 0) is 17.9 Å². The van der Waals surface area contributed by atoms with E-state index in [0.29, 0.717) is 18.8 Å². The molecule has 0 fully saturated rings. The van der Waals surface area contributed by atoms with E-state index >= 15 is 0 Å². The van der Waals surface area contributed by atoms with E-state index in [-0.39, 0.29) is 0 Å². The SMILES string of the molecule is C=C(N)/C=C\NC(N)OCc1ccc(CN)cc1. The number of ether oxygens (including phenoxy) is 1. The van der Waals surface area contributed by atoms with Crippen molar-refractivity contribution in [3.05, 3.63) is 59.9 Å². The molecule has 0 aliphatic rings. The van der Waals surface area contributed by atoms with Gasteiger partial charge in [-0.3, -0.25) is 5.73 Å². The lowest BCUT2D eigenvalue weighted by molar-refractivity contribution is 0.0313. The Labute approximate surface area is 107 Å². The molecule has 0 amide bonds. The molecule has 0 aromatic heterocycles. The summed E-state index contributed by atoms with van der Waals surface area (Å²) < 4.78 is 5.40. The highest BCUT2D eigenvalue weighted by Crippen LogP contribution is 2.05. The van der Waals surface area contributed by atoms with E-state index in [1.54, 1.807) is 12.3 Å². The number of rotatable bonds is 7. The Morgan fingerprint density at radius 2 is 1.94 bits per heavy atom. The molecule has 0 radical (unpaired) electrons. The molecule has 1 aromatic carbocycles. The van der Waals surface area contributed by atoms with E-state index < -0.39 is 6.35 Å². The van der Waals surface area contributed by atoms with Gasteiger partial charge < -0.3 is 21.5 Å². The van der Waals surface area contributed by atoms with Crippen LogP contribution in [0.25, 0.3) is 0 Å². The summed E-state index contributed by atoms with van der Waals surface area (Å²) in [6, 6.07) is 7.87. The first-order chi connectivity index (χ1) is 8.61. The van der Waals surface area contributed by atoms with Crippen LogP contribution < -0.4 is 22.5 Å². The predicted octanol–water partition coefficient (Wildman–Crippen LogP) is 0.480. The van der Waals surface area contributed by atoms with E-state index in [4.69, 9.17) is 21.9 Å². The fourth-order valence-corrected chi connectivity index (χ4v) is 1.26. The molecule has 5 heteroatoms. The third-order valence-corrected chi connectivity index (χ3v) is 2.25. The van der Waals surface area contributed by atoms with Gasteiger partial charge in [0.05, 0.1) is 6.61 Å². The van der Waals surface area contributed by atoms with Crippen LogP contribution >= 0.6 is 0 Å². The van der Waals surface area contributed by atoms with Crippen molar-refractivity contribution in [2.75, 3.05) is 0 Å². The smallest absolute Gasteiger partial charge is 0.181 e. The van der Waals surface area contributed by atoms with Gasteiger partial charge in [0, 0.05) is 18.4 Å². The highest BCUT2D eigenvalue weighted by atomic mass is 16.5. The van der Waals surface area contributed by atoms with Gasteiger partial charge in [-0.1, -0.05) is 30.8 Å². The Morgan fingerprint density at radius 3 is 2.50 bits per heavy atom. The maximum atomic E-state index is 5.69. The van der Waals surface area contributed by atoms with Crippen molar-refractivity contribution in [2.24, 2.45) is 17.2 Å². The molecule has 98 valence electrons. The molecule has 5 nitrogen and oxygen atoms in total. The second-order valence-corrected chi connectivity index (χ2v) is 3.83. The van der Waals surface area contributed by atoms with E-state index in [0.717, 1.165) is 11.1 Å². The number of nitrogens with one attached hydrogen (secondary N) is 1. The van der Waals surface area contributed by atoms with Crippen LogP contribution in [0, 0.1) is 0 Å². The molecule has 0 saturated heterocycles. The quantitative estimate of drug-likeness (QED) is 0.415.